The number of rotatable bonds is 5. The highest BCUT2D eigenvalue weighted by Gasteiger charge is 2.09. The van der Waals surface area contributed by atoms with E-state index >= 15 is 0 Å². The van der Waals surface area contributed by atoms with Crippen LogP contribution in [0.15, 0.2) is 17.8 Å². The maximum atomic E-state index is 10.9. The third-order valence-corrected chi connectivity index (χ3v) is 3.85. The lowest BCUT2D eigenvalue weighted by atomic mass is 10.2. The number of nitrogens with one attached hydrogen (secondary N) is 1. The van der Waals surface area contributed by atoms with Crippen molar-refractivity contribution in [3.05, 3.63) is 38.9 Å². The Morgan fingerprint density at radius 3 is 3.06 bits per heavy atom. The summed E-state index contributed by atoms with van der Waals surface area (Å²) in [5.74, 6) is 0.473. The number of halogens is 1. The Morgan fingerprint density at radius 2 is 2.33 bits per heavy atom. The molecule has 0 saturated carbocycles. The normalized spacial score (nSPS) is 10.3. The van der Waals surface area contributed by atoms with Gasteiger partial charge < -0.3 is 5.32 Å². The van der Waals surface area contributed by atoms with Crippen LogP contribution in [0.5, 0.6) is 0 Å². The monoisotopic (exact) mass is 281 g/mol. The van der Waals surface area contributed by atoms with Crippen molar-refractivity contribution in [3.63, 3.8) is 0 Å². The predicted octanol–water partition coefficient (Wildman–Crippen LogP) is 3.18. The molecule has 2 aromatic heterocycles. The first kappa shape index (κ1) is 13.0. The average molecular weight is 282 g/mol. The van der Waals surface area contributed by atoms with Gasteiger partial charge in [-0.2, -0.15) is 0 Å². The molecule has 2 heterocycles. The molecule has 0 spiro atoms. The van der Waals surface area contributed by atoms with Crippen LogP contribution < -0.4 is 5.32 Å². The van der Waals surface area contributed by atoms with Gasteiger partial charge in [-0.15, -0.1) is 11.3 Å². The first-order valence-electron chi connectivity index (χ1n) is 5.51. The second kappa shape index (κ2) is 5.93. The number of aldehydes is 1. The molecule has 94 valence electrons. The molecule has 6 heteroatoms. The van der Waals surface area contributed by atoms with Crippen molar-refractivity contribution in [1.29, 1.82) is 0 Å². The fraction of sp³-hybridized carbons (Fsp3) is 0.250. The van der Waals surface area contributed by atoms with Gasteiger partial charge in [-0.25, -0.2) is 9.97 Å². The molecule has 0 atom stereocenters. The van der Waals surface area contributed by atoms with Gasteiger partial charge in [-0.1, -0.05) is 18.5 Å². The number of nitrogens with zero attached hydrogens (tertiary/aromatic N) is 2. The Hall–Kier alpha value is -1.46. The maximum absolute atomic E-state index is 10.9. The van der Waals surface area contributed by atoms with Gasteiger partial charge >= 0.3 is 0 Å². The van der Waals surface area contributed by atoms with E-state index in [9.17, 15) is 4.79 Å². The van der Waals surface area contributed by atoms with Crippen LogP contribution >= 0.6 is 22.9 Å². The predicted molar refractivity (Wildman–Crippen MR) is 73.5 cm³/mol. The largest absolute Gasteiger partial charge is 0.364 e. The second-order valence-electron chi connectivity index (χ2n) is 3.62. The SMILES string of the molecule is CCc1ccsc1CNc1ncnc(Cl)c1C=O. The molecule has 0 radical (unpaired) electrons. The Balaban J connectivity index is 2.16. The zero-order valence-electron chi connectivity index (χ0n) is 9.81. The van der Waals surface area contributed by atoms with Crippen molar-refractivity contribution >= 4 is 35.0 Å². The number of aryl methyl sites for hydroxylation is 1. The second-order valence-corrected chi connectivity index (χ2v) is 4.98. The quantitative estimate of drug-likeness (QED) is 0.675. The number of hydrogen-bond donors (Lipinski definition) is 1. The molecule has 0 aliphatic rings. The standard InChI is InChI=1S/C12H12ClN3OS/c1-2-8-3-4-18-10(8)5-14-12-9(6-17)11(13)15-7-16-12/h3-4,6-7H,2,5H2,1H3,(H,14,15,16). The minimum Gasteiger partial charge on any atom is -0.364 e. The van der Waals surface area contributed by atoms with Gasteiger partial charge in [0.2, 0.25) is 0 Å². The molecular formula is C12H12ClN3OS. The van der Waals surface area contributed by atoms with E-state index in [0.717, 1.165) is 6.42 Å². The van der Waals surface area contributed by atoms with Crippen LogP contribution in [0.3, 0.4) is 0 Å². The van der Waals surface area contributed by atoms with Gasteiger partial charge in [-0.05, 0) is 23.4 Å². The van der Waals surface area contributed by atoms with Crippen LogP contribution in [-0.2, 0) is 13.0 Å². The van der Waals surface area contributed by atoms with E-state index < -0.39 is 0 Å². The summed E-state index contributed by atoms with van der Waals surface area (Å²) in [4.78, 5) is 20.0. The van der Waals surface area contributed by atoms with Gasteiger partial charge in [0.15, 0.2) is 6.29 Å². The van der Waals surface area contributed by atoms with E-state index in [2.05, 4.69) is 33.7 Å². The fourth-order valence-corrected chi connectivity index (χ4v) is 2.71. The van der Waals surface area contributed by atoms with Crippen LogP contribution in [0, 0.1) is 0 Å². The molecular weight excluding hydrogens is 270 g/mol. The zero-order chi connectivity index (χ0) is 13.0. The van der Waals surface area contributed by atoms with Crippen LogP contribution in [-0.4, -0.2) is 16.3 Å². The minimum absolute atomic E-state index is 0.171. The third kappa shape index (κ3) is 2.68. The van der Waals surface area contributed by atoms with Crippen molar-refractivity contribution in [2.45, 2.75) is 19.9 Å². The first-order chi connectivity index (χ1) is 8.76. The summed E-state index contributed by atoms with van der Waals surface area (Å²) < 4.78 is 0. The van der Waals surface area contributed by atoms with Crippen LogP contribution in [0.25, 0.3) is 0 Å². The highest BCUT2D eigenvalue weighted by molar-refractivity contribution is 7.10. The average Bonchev–Trinajstić information content (AvgIpc) is 2.83. The van der Waals surface area contributed by atoms with Crippen molar-refractivity contribution < 1.29 is 4.79 Å². The van der Waals surface area contributed by atoms with E-state index in [0.29, 0.717) is 24.2 Å². The van der Waals surface area contributed by atoms with Crippen LogP contribution in [0.1, 0.15) is 27.7 Å². The molecule has 0 bridgehead atoms. The first-order valence-corrected chi connectivity index (χ1v) is 6.76. The van der Waals surface area contributed by atoms with Gasteiger partial charge in [0.25, 0.3) is 0 Å². The highest BCUT2D eigenvalue weighted by Crippen LogP contribution is 2.21. The smallest absolute Gasteiger partial charge is 0.156 e. The van der Waals surface area contributed by atoms with Gasteiger partial charge in [0.1, 0.15) is 17.3 Å². The Morgan fingerprint density at radius 1 is 1.50 bits per heavy atom. The number of carbonyl (C=O) groups is 1. The van der Waals surface area contributed by atoms with Gasteiger partial charge in [0, 0.05) is 4.88 Å². The molecule has 1 N–H and O–H groups in total. The van der Waals surface area contributed by atoms with Crippen molar-refractivity contribution in [2.75, 3.05) is 5.32 Å². The summed E-state index contributed by atoms with van der Waals surface area (Å²) >= 11 is 7.51. The lowest BCUT2D eigenvalue weighted by molar-refractivity contribution is 0.112. The summed E-state index contributed by atoms with van der Waals surface area (Å²) in [6, 6.07) is 2.11. The third-order valence-electron chi connectivity index (χ3n) is 2.59. The maximum Gasteiger partial charge on any atom is 0.156 e. The number of thiophene rings is 1. The lowest BCUT2D eigenvalue weighted by Gasteiger charge is -2.08. The fourth-order valence-electron chi connectivity index (χ4n) is 1.62. The van der Waals surface area contributed by atoms with Gasteiger partial charge in [-0.3, -0.25) is 4.79 Å². The number of carbonyl (C=O) groups excluding carboxylic acids is 1. The van der Waals surface area contributed by atoms with Gasteiger partial charge in [0.05, 0.1) is 12.1 Å². The lowest BCUT2D eigenvalue weighted by Crippen LogP contribution is -2.05. The summed E-state index contributed by atoms with van der Waals surface area (Å²) in [5.41, 5.74) is 1.61. The van der Waals surface area contributed by atoms with E-state index in [1.807, 2.05) is 0 Å². The van der Waals surface area contributed by atoms with Crippen molar-refractivity contribution in [2.24, 2.45) is 0 Å². The van der Waals surface area contributed by atoms with E-state index in [4.69, 9.17) is 11.6 Å². The van der Waals surface area contributed by atoms with E-state index in [-0.39, 0.29) is 5.15 Å². The van der Waals surface area contributed by atoms with Crippen LogP contribution in [0.4, 0.5) is 5.82 Å². The molecule has 0 fully saturated rings. The highest BCUT2D eigenvalue weighted by atomic mass is 35.5. The van der Waals surface area contributed by atoms with Crippen LogP contribution in [0.2, 0.25) is 5.15 Å². The Kier molecular flexibility index (Phi) is 4.28. The summed E-state index contributed by atoms with van der Waals surface area (Å²) in [6.45, 7) is 2.75. The molecule has 18 heavy (non-hydrogen) atoms. The molecule has 0 saturated heterocycles. The molecule has 2 rings (SSSR count). The Bertz CT molecular complexity index is 556. The molecule has 2 aromatic rings. The minimum atomic E-state index is 0.171. The van der Waals surface area contributed by atoms with E-state index in [1.54, 1.807) is 11.3 Å². The molecule has 0 aliphatic carbocycles. The number of anilines is 1. The molecule has 4 nitrogen and oxygen atoms in total. The zero-order valence-corrected chi connectivity index (χ0v) is 11.4. The molecule has 0 amide bonds. The topological polar surface area (TPSA) is 54.9 Å². The number of aromatic nitrogens is 2. The van der Waals surface area contributed by atoms with E-state index in [1.165, 1.54) is 16.8 Å². The summed E-state index contributed by atoms with van der Waals surface area (Å²) in [5, 5.41) is 5.36. The molecule has 0 aromatic carbocycles. The summed E-state index contributed by atoms with van der Waals surface area (Å²) in [7, 11) is 0. The number of hydrogen-bond acceptors (Lipinski definition) is 5. The summed E-state index contributed by atoms with van der Waals surface area (Å²) in [6.07, 6.45) is 3.00. The van der Waals surface area contributed by atoms with Crippen molar-refractivity contribution in [3.8, 4) is 0 Å². The Labute approximate surface area is 114 Å². The molecule has 0 unspecified atom stereocenters. The molecule has 0 aliphatic heterocycles. The van der Waals surface area contributed by atoms with Crippen molar-refractivity contribution in [1.82, 2.24) is 9.97 Å².